The molecule has 1 saturated heterocycles. The minimum absolute atomic E-state index is 0.0402. The van der Waals surface area contributed by atoms with Gasteiger partial charge in [0.25, 0.3) is 5.91 Å². The number of hydrogen-bond acceptors (Lipinski definition) is 3. The highest BCUT2D eigenvalue weighted by atomic mass is 16.2. The molecule has 5 rings (SSSR count). The van der Waals surface area contributed by atoms with Crippen LogP contribution in [-0.4, -0.2) is 42.9 Å². The van der Waals surface area contributed by atoms with Crippen LogP contribution >= 0.6 is 0 Å². The lowest BCUT2D eigenvalue weighted by atomic mass is 10.0. The molecule has 0 unspecified atom stereocenters. The molecule has 4 aromatic rings. The van der Waals surface area contributed by atoms with Crippen molar-refractivity contribution in [1.82, 2.24) is 4.90 Å². The van der Waals surface area contributed by atoms with Crippen LogP contribution in [0.25, 0.3) is 17.2 Å². The minimum atomic E-state index is -0.136. The van der Waals surface area contributed by atoms with Gasteiger partial charge in [-0.3, -0.25) is 9.59 Å². The molecular weight excluding hydrogens is 458 g/mol. The van der Waals surface area contributed by atoms with Gasteiger partial charge in [-0.25, -0.2) is 0 Å². The summed E-state index contributed by atoms with van der Waals surface area (Å²) in [5, 5.41) is 2.98. The molecule has 1 N–H and O–H groups in total. The van der Waals surface area contributed by atoms with Crippen LogP contribution in [0.1, 0.15) is 15.9 Å². The quantitative estimate of drug-likeness (QED) is 0.341. The summed E-state index contributed by atoms with van der Waals surface area (Å²) in [5.41, 5.74) is 5.67. The molecule has 1 fully saturated rings. The van der Waals surface area contributed by atoms with Crippen LogP contribution in [-0.2, 0) is 4.79 Å². The number of rotatable bonds is 6. The Morgan fingerprint density at radius 2 is 1.24 bits per heavy atom. The smallest absolute Gasteiger partial charge is 0.255 e. The van der Waals surface area contributed by atoms with E-state index in [1.54, 1.807) is 6.08 Å². The van der Waals surface area contributed by atoms with Gasteiger partial charge in [0.1, 0.15) is 0 Å². The zero-order valence-corrected chi connectivity index (χ0v) is 20.6. The third-order valence-electron chi connectivity index (χ3n) is 6.55. The zero-order chi connectivity index (χ0) is 25.5. The number of hydrogen-bond donors (Lipinski definition) is 1. The van der Waals surface area contributed by atoms with E-state index < -0.39 is 0 Å². The van der Waals surface area contributed by atoms with Crippen molar-refractivity contribution in [2.24, 2.45) is 0 Å². The summed E-state index contributed by atoms with van der Waals surface area (Å²) < 4.78 is 0. The van der Waals surface area contributed by atoms with Gasteiger partial charge in [-0.05, 0) is 59.2 Å². The predicted octanol–water partition coefficient (Wildman–Crippen LogP) is 5.97. The molecule has 2 amide bonds. The first kappa shape index (κ1) is 24.1. The number of anilines is 2. The molecule has 5 heteroatoms. The molecule has 0 saturated carbocycles. The standard InChI is InChI=1S/C32H29N3O2/c36-31(20-11-25-7-3-1-4-8-25)35-23-21-34(22-24-35)30-18-16-29(17-19-30)33-32(37)28-14-12-27(13-15-28)26-9-5-2-6-10-26/h1-20H,21-24H2,(H,33,37)/b20-11+. The summed E-state index contributed by atoms with van der Waals surface area (Å²) >= 11 is 0. The van der Waals surface area contributed by atoms with Crippen molar-refractivity contribution in [1.29, 1.82) is 0 Å². The number of benzene rings is 4. The normalized spacial score (nSPS) is 13.5. The molecule has 0 spiro atoms. The molecule has 0 radical (unpaired) electrons. The monoisotopic (exact) mass is 487 g/mol. The highest BCUT2D eigenvalue weighted by Crippen LogP contribution is 2.22. The second-order valence-corrected chi connectivity index (χ2v) is 9.00. The van der Waals surface area contributed by atoms with Crippen molar-refractivity contribution >= 4 is 29.3 Å². The Labute approximate surface area is 217 Å². The Morgan fingerprint density at radius 3 is 1.89 bits per heavy atom. The fraction of sp³-hybridized carbons (Fsp3) is 0.125. The first-order valence-electron chi connectivity index (χ1n) is 12.5. The van der Waals surface area contributed by atoms with Gasteiger partial charge in [0.05, 0.1) is 0 Å². The van der Waals surface area contributed by atoms with Crippen molar-refractivity contribution < 1.29 is 9.59 Å². The Hall–Kier alpha value is -4.64. The van der Waals surface area contributed by atoms with Crippen LogP contribution in [0.4, 0.5) is 11.4 Å². The van der Waals surface area contributed by atoms with Crippen LogP contribution < -0.4 is 10.2 Å². The number of carbonyl (C=O) groups excluding carboxylic acids is 2. The molecule has 0 atom stereocenters. The molecule has 37 heavy (non-hydrogen) atoms. The van der Waals surface area contributed by atoms with Gasteiger partial charge in [0.2, 0.25) is 5.91 Å². The maximum atomic E-state index is 12.7. The minimum Gasteiger partial charge on any atom is -0.368 e. The first-order chi connectivity index (χ1) is 18.2. The summed E-state index contributed by atoms with van der Waals surface area (Å²) in [7, 11) is 0. The van der Waals surface area contributed by atoms with Gasteiger partial charge in [-0.15, -0.1) is 0 Å². The molecule has 0 aromatic heterocycles. The Balaban J connectivity index is 1.13. The highest BCUT2D eigenvalue weighted by molar-refractivity contribution is 6.04. The molecular formula is C32H29N3O2. The molecule has 5 nitrogen and oxygen atoms in total. The lowest BCUT2D eigenvalue weighted by Crippen LogP contribution is -2.48. The van der Waals surface area contributed by atoms with Crippen LogP contribution in [0.5, 0.6) is 0 Å². The third-order valence-corrected chi connectivity index (χ3v) is 6.55. The SMILES string of the molecule is O=C(Nc1ccc(N2CCN(C(=O)/C=C/c3ccccc3)CC2)cc1)c1ccc(-c2ccccc2)cc1. The van der Waals surface area contributed by atoms with E-state index in [-0.39, 0.29) is 11.8 Å². The molecule has 1 aliphatic heterocycles. The summed E-state index contributed by atoms with van der Waals surface area (Å²) in [5.74, 6) is -0.0959. The fourth-order valence-electron chi connectivity index (χ4n) is 4.43. The summed E-state index contributed by atoms with van der Waals surface area (Å²) in [6, 6.07) is 35.5. The molecule has 1 heterocycles. The third kappa shape index (κ3) is 6.14. The van der Waals surface area contributed by atoms with Crippen molar-refractivity contribution in [2.45, 2.75) is 0 Å². The topological polar surface area (TPSA) is 52.7 Å². The molecule has 4 aromatic carbocycles. The average Bonchev–Trinajstić information content (AvgIpc) is 2.97. The number of nitrogens with one attached hydrogen (secondary N) is 1. The van der Waals surface area contributed by atoms with Crippen molar-refractivity contribution in [3.05, 3.63) is 126 Å². The van der Waals surface area contributed by atoms with Gasteiger partial charge < -0.3 is 15.1 Å². The Bertz CT molecular complexity index is 1360. The number of amides is 2. The number of nitrogens with zero attached hydrogens (tertiary/aromatic N) is 2. The second kappa shape index (κ2) is 11.4. The van der Waals surface area contributed by atoms with E-state index in [1.807, 2.05) is 108 Å². The summed E-state index contributed by atoms with van der Waals surface area (Å²) in [4.78, 5) is 29.4. The van der Waals surface area contributed by atoms with E-state index >= 15 is 0 Å². The molecule has 184 valence electrons. The number of piperazine rings is 1. The van der Waals surface area contributed by atoms with Crippen LogP contribution in [0.3, 0.4) is 0 Å². The van der Waals surface area contributed by atoms with Crippen molar-refractivity contribution in [2.75, 3.05) is 36.4 Å². The van der Waals surface area contributed by atoms with Crippen molar-refractivity contribution in [3.63, 3.8) is 0 Å². The zero-order valence-electron chi connectivity index (χ0n) is 20.6. The second-order valence-electron chi connectivity index (χ2n) is 9.00. The Morgan fingerprint density at radius 1 is 0.649 bits per heavy atom. The molecule has 1 aliphatic rings. The van der Waals surface area contributed by atoms with Gasteiger partial charge in [0, 0.05) is 49.2 Å². The van der Waals surface area contributed by atoms with E-state index in [0.717, 1.165) is 41.2 Å². The Kier molecular flexibility index (Phi) is 7.42. The first-order valence-corrected chi connectivity index (χ1v) is 12.5. The van der Waals surface area contributed by atoms with E-state index in [9.17, 15) is 9.59 Å². The van der Waals surface area contributed by atoms with Gasteiger partial charge in [-0.2, -0.15) is 0 Å². The van der Waals surface area contributed by atoms with Gasteiger partial charge in [-0.1, -0.05) is 72.8 Å². The fourth-order valence-corrected chi connectivity index (χ4v) is 4.43. The van der Waals surface area contributed by atoms with E-state index in [1.165, 1.54) is 0 Å². The van der Waals surface area contributed by atoms with Crippen LogP contribution in [0.15, 0.2) is 115 Å². The number of carbonyl (C=O) groups is 2. The van der Waals surface area contributed by atoms with Gasteiger partial charge >= 0.3 is 0 Å². The summed E-state index contributed by atoms with van der Waals surface area (Å²) in [6.45, 7) is 2.89. The predicted molar refractivity (Wildman–Crippen MR) is 151 cm³/mol. The largest absolute Gasteiger partial charge is 0.368 e. The van der Waals surface area contributed by atoms with Gasteiger partial charge in [0.15, 0.2) is 0 Å². The maximum absolute atomic E-state index is 12.7. The van der Waals surface area contributed by atoms with Crippen LogP contribution in [0, 0.1) is 0 Å². The summed E-state index contributed by atoms with van der Waals surface area (Å²) in [6.07, 6.45) is 3.51. The lowest BCUT2D eigenvalue weighted by molar-refractivity contribution is -0.126. The molecule has 0 aliphatic carbocycles. The van der Waals surface area contributed by atoms with E-state index in [0.29, 0.717) is 18.7 Å². The van der Waals surface area contributed by atoms with E-state index in [4.69, 9.17) is 0 Å². The highest BCUT2D eigenvalue weighted by Gasteiger charge is 2.20. The lowest BCUT2D eigenvalue weighted by Gasteiger charge is -2.35. The average molecular weight is 488 g/mol. The van der Waals surface area contributed by atoms with Crippen molar-refractivity contribution in [3.8, 4) is 11.1 Å². The van der Waals surface area contributed by atoms with Crippen LogP contribution in [0.2, 0.25) is 0 Å². The molecule has 0 bridgehead atoms. The maximum Gasteiger partial charge on any atom is 0.255 e. The van der Waals surface area contributed by atoms with E-state index in [2.05, 4.69) is 22.3 Å².